The largest absolute Gasteiger partial charge is 0.425 e. The van der Waals surface area contributed by atoms with Gasteiger partial charge in [-0.15, -0.1) is 0 Å². The first kappa shape index (κ1) is 11.1. The molecule has 3 heteroatoms. The van der Waals surface area contributed by atoms with Gasteiger partial charge in [-0.25, -0.2) is 4.98 Å². The van der Waals surface area contributed by atoms with E-state index in [0.717, 1.165) is 10.8 Å². The van der Waals surface area contributed by atoms with E-state index in [1.807, 2.05) is 24.3 Å². The summed E-state index contributed by atoms with van der Waals surface area (Å²) in [5.74, 6) is 0.655. The van der Waals surface area contributed by atoms with Gasteiger partial charge in [-0.2, -0.15) is 0 Å². The number of imidazole rings is 1. The zero-order chi connectivity index (χ0) is 13.4. The molecule has 0 spiro atoms. The molecule has 0 saturated heterocycles. The molecule has 3 nitrogen and oxygen atoms in total. The second-order valence-electron chi connectivity index (χ2n) is 4.61. The van der Waals surface area contributed by atoms with Gasteiger partial charge in [-0.05, 0) is 39.7 Å². The number of rotatable bonds is 2. The van der Waals surface area contributed by atoms with Gasteiger partial charge in [0.2, 0.25) is 0 Å². The average molecular weight is 259 g/mol. The van der Waals surface area contributed by atoms with E-state index in [0.29, 0.717) is 11.8 Å². The van der Waals surface area contributed by atoms with Crippen molar-refractivity contribution in [3.05, 3.63) is 67.0 Å². The monoisotopic (exact) mass is 259 g/mol. The summed E-state index contributed by atoms with van der Waals surface area (Å²) in [6, 6.07) is 20.3. The third-order valence-corrected chi connectivity index (χ3v) is 3.27. The Morgan fingerprint density at radius 3 is 2.60 bits per heavy atom. The molecular weight excluding hydrogens is 248 g/mol. The van der Waals surface area contributed by atoms with Gasteiger partial charge in [0.1, 0.15) is 5.75 Å². The van der Waals surface area contributed by atoms with Crippen LogP contribution < -0.4 is 4.74 Å². The molecule has 4 aromatic rings. The number of hydrogen-bond acceptors (Lipinski definition) is 2. The highest BCUT2D eigenvalue weighted by atomic mass is 16.5. The summed E-state index contributed by atoms with van der Waals surface area (Å²) in [4.78, 5) is 6.95. The fourth-order valence-corrected chi connectivity index (χ4v) is 2.31. The first-order valence-electron chi connectivity index (χ1n) is 6.40. The zero-order valence-electron chi connectivity index (χ0n) is 10.6. The summed E-state index contributed by atoms with van der Waals surface area (Å²) in [7, 11) is 0. The van der Waals surface area contributed by atoms with Crippen LogP contribution in [0.25, 0.3) is 21.5 Å². The normalized spacial score (nSPS) is 11.0. The lowest BCUT2D eigenvalue weighted by Crippen LogP contribution is -1.86. The van der Waals surface area contributed by atoms with E-state index in [1.165, 1.54) is 10.8 Å². The number of nitrogens with one attached hydrogen (secondary N) is 1. The van der Waals surface area contributed by atoms with E-state index in [-0.39, 0.29) is 0 Å². The molecule has 3 aromatic carbocycles. The second kappa shape index (κ2) is 4.38. The predicted octanol–water partition coefficient (Wildman–Crippen LogP) is 4.31. The number of fused-ring (bicyclic) bond motifs is 2. The Balaban J connectivity index is 1.83. The Labute approximate surface area is 115 Å². The summed E-state index contributed by atoms with van der Waals surface area (Å²) in [6.45, 7) is 0. The summed E-state index contributed by atoms with van der Waals surface area (Å²) in [5, 5.41) is 4.61. The third kappa shape index (κ3) is 1.89. The zero-order valence-corrected chi connectivity index (χ0v) is 10.6. The van der Waals surface area contributed by atoms with Gasteiger partial charge in [-0.3, -0.25) is 0 Å². The van der Waals surface area contributed by atoms with Crippen molar-refractivity contribution in [3.8, 4) is 11.8 Å². The van der Waals surface area contributed by atoms with Crippen LogP contribution in [-0.4, -0.2) is 9.97 Å². The van der Waals surface area contributed by atoms with Gasteiger partial charge >= 0.3 is 0 Å². The minimum Gasteiger partial charge on any atom is -0.425 e. The molecular formula is C17H11N2O. The van der Waals surface area contributed by atoms with Crippen molar-refractivity contribution in [2.75, 3.05) is 0 Å². The van der Waals surface area contributed by atoms with Gasteiger partial charge in [0.15, 0.2) is 0 Å². The van der Waals surface area contributed by atoms with Crippen LogP contribution in [-0.2, 0) is 0 Å². The Morgan fingerprint density at radius 1 is 0.950 bits per heavy atom. The molecule has 0 atom stereocenters. The quantitative estimate of drug-likeness (QED) is 0.545. The number of hydrogen-bond donors (Lipinski definition) is 1. The fraction of sp³-hybridized carbons (Fsp3) is 0. The first-order chi connectivity index (χ1) is 9.88. The van der Waals surface area contributed by atoms with Crippen LogP contribution >= 0.6 is 0 Å². The van der Waals surface area contributed by atoms with Crippen molar-refractivity contribution in [1.29, 1.82) is 0 Å². The molecule has 0 fully saturated rings. The lowest BCUT2D eigenvalue weighted by molar-refractivity contribution is 0.447. The highest BCUT2D eigenvalue weighted by Gasteiger charge is 2.03. The Kier molecular flexibility index (Phi) is 2.42. The SMILES string of the molecule is [c]1c(Oc2ncc[nH]2)ccc2cc3ccccc3cc12. The number of aromatic nitrogens is 2. The Hall–Kier alpha value is -2.81. The number of ether oxygens (including phenoxy) is 1. The van der Waals surface area contributed by atoms with E-state index in [1.54, 1.807) is 12.4 Å². The molecule has 20 heavy (non-hydrogen) atoms. The van der Waals surface area contributed by atoms with E-state index in [2.05, 4.69) is 40.3 Å². The number of benzene rings is 3. The first-order valence-corrected chi connectivity index (χ1v) is 6.40. The van der Waals surface area contributed by atoms with Crippen molar-refractivity contribution in [2.24, 2.45) is 0 Å². The van der Waals surface area contributed by atoms with E-state index < -0.39 is 0 Å². The highest BCUT2D eigenvalue weighted by Crippen LogP contribution is 2.27. The summed E-state index contributed by atoms with van der Waals surface area (Å²) in [5.41, 5.74) is 0. The molecule has 1 aromatic heterocycles. The molecule has 1 radical (unpaired) electrons. The minimum atomic E-state index is 0.474. The number of H-pyrrole nitrogens is 1. The van der Waals surface area contributed by atoms with Crippen LogP contribution in [0.3, 0.4) is 0 Å². The van der Waals surface area contributed by atoms with Gasteiger partial charge in [0.05, 0.1) is 0 Å². The van der Waals surface area contributed by atoms with Crippen LogP contribution in [0.1, 0.15) is 0 Å². The van der Waals surface area contributed by atoms with Gasteiger partial charge < -0.3 is 9.72 Å². The molecule has 95 valence electrons. The van der Waals surface area contributed by atoms with Crippen molar-refractivity contribution in [1.82, 2.24) is 9.97 Å². The summed E-state index contributed by atoms with van der Waals surface area (Å²) < 4.78 is 5.62. The smallest absolute Gasteiger partial charge is 0.299 e. The molecule has 1 N–H and O–H groups in total. The molecule has 0 saturated carbocycles. The van der Waals surface area contributed by atoms with Crippen molar-refractivity contribution < 1.29 is 4.74 Å². The van der Waals surface area contributed by atoms with Crippen LogP contribution in [0.4, 0.5) is 0 Å². The predicted molar refractivity (Wildman–Crippen MR) is 79.0 cm³/mol. The second-order valence-corrected chi connectivity index (χ2v) is 4.61. The summed E-state index contributed by atoms with van der Waals surface area (Å²) >= 11 is 0. The van der Waals surface area contributed by atoms with Crippen LogP contribution in [0, 0.1) is 6.07 Å². The summed E-state index contributed by atoms with van der Waals surface area (Å²) in [6.07, 6.45) is 3.38. The highest BCUT2D eigenvalue weighted by molar-refractivity contribution is 5.98. The molecule has 0 aliphatic rings. The third-order valence-electron chi connectivity index (χ3n) is 3.27. The number of nitrogens with zero attached hydrogens (tertiary/aromatic N) is 1. The van der Waals surface area contributed by atoms with Crippen LogP contribution in [0.2, 0.25) is 0 Å². The van der Waals surface area contributed by atoms with Gasteiger partial charge in [-0.1, -0.05) is 30.3 Å². The molecule has 0 aliphatic heterocycles. The molecule has 0 bridgehead atoms. The van der Waals surface area contributed by atoms with Crippen LogP contribution in [0.15, 0.2) is 60.9 Å². The van der Waals surface area contributed by atoms with Crippen LogP contribution in [0.5, 0.6) is 11.8 Å². The Bertz CT molecular complexity index is 882. The maximum atomic E-state index is 5.62. The molecule has 0 amide bonds. The van der Waals surface area contributed by atoms with E-state index >= 15 is 0 Å². The average Bonchev–Trinajstić information content (AvgIpc) is 2.98. The lowest BCUT2D eigenvalue weighted by Gasteiger charge is -2.05. The minimum absolute atomic E-state index is 0.474. The molecule has 1 heterocycles. The number of aromatic amines is 1. The van der Waals surface area contributed by atoms with Crippen molar-refractivity contribution >= 4 is 21.5 Å². The molecule has 0 unspecified atom stereocenters. The molecule has 4 rings (SSSR count). The molecule has 0 aliphatic carbocycles. The Morgan fingerprint density at radius 2 is 1.80 bits per heavy atom. The van der Waals surface area contributed by atoms with Gasteiger partial charge in [0.25, 0.3) is 6.01 Å². The van der Waals surface area contributed by atoms with E-state index in [4.69, 9.17) is 4.74 Å². The maximum Gasteiger partial charge on any atom is 0.299 e. The van der Waals surface area contributed by atoms with Crippen molar-refractivity contribution in [2.45, 2.75) is 0 Å². The lowest BCUT2D eigenvalue weighted by atomic mass is 10.0. The van der Waals surface area contributed by atoms with Gasteiger partial charge in [0, 0.05) is 18.5 Å². The topological polar surface area (TPSA) is 37.9 Å². The fourth-order valence-electron chi connectivity index (χ4n) is 2.31. The standard InChI is InChI=1S/C17H11N2O/c1-2-4-13-10-15-11-16(20-17-18-7-8-19-17)6-5-14(15)9-12(13)3-1/h1-10H,(H,18,19). The maximum absolute atomic E-state index is 5.62. The van der Waals surface area contributed by atoms with E-state index in [9.17, 15) is 0 Å². The van der Waals surface area contributed by atoms with Crippen molar-refractivity contribution in [3.63, 3.8) is 0 Å².